The Hall–Kier alpha value is -4.92. The third kappa shape index (κ3) is 7.14. The Morgan fingerprint density at radius 2 is 1.76 bits per heavy atom. The van der Waals surface area contributed by atoms with Crippen LogP contribution in [0.25, 0.3) is 17.2 Å². The molecule has 2 aliphatic heterocycles. The maximum atomic E-state index is 11.8. The first-order valence-corrected chi connectivity index (χ1v) is 17.0. The smallest absolute Gasteiger partial charge is 0.231 e. The zero-order valence-electron chi connectivity index (χ0n) is 26.0. The van der Waals surface area contributed by atoms with Crippen molar-refractivity contribution in [2.45, 2.75) is 44.2 Å². The number of allylic oxidation sites excluding steroid dienone is 1. The van der Waals surface area contributed by atoms with Gasteiger partial charge in [0.05, 0.1) is 16.5 Å². The number of ether oxygens (including phenoxy) is 3. The van der Waals surface area contributed by atoms with Crippen molar-refractivity contribution in [1.82, 2.24) is 14.9 Å². The molecule has 2 aliphatic rings. The molecule has 0 radical (unpaired) electrons. The van der Waals surface area contributed by atoms with E-state index in [1.54, 1.807) is 24.4 Å². The third-order valence-electron chi connectivity index (χ3n) is 8.15. The van der Waals surface area contributed by atoms with E-state index < -0.39 is 9.84 Å². The molecule has 3 heterocycles. The van der Waals surface area contributed by atoms with Crippen LogP contribution >= 0.6 is 0 Å². The normalized spacial score (nSPS) is 15.2. The highest BCUT2D eigenvalue weighted by atomic mass is 32.2. The van der Waals surface area contributed by atoms with Crippen LogP contribution in [0.15, 0.2) is 71.8 Å². The third-order valence-corrected chi connectivity index (χ3v) is 9.28. The van der Waals surface area contributed by atoms with E-state index in [1.165, 1.54) is 12.3 Å². The minimum Gasteiger partial charge on any atom is -0.454 e. The van der Waals surface area contributed by atoms with E-state index in [4.69, 9.17) is 24.5 Å². The molecule has 236 valence electrons. The van der Waals surface area contributed by atoms with Crippen molar-refractivity contribution in [2.75, 3.05) is 31.5 Å². The predicted molar refractivity (Wildman–Crippen MR) is 176 cm³/mol. The molecule has 10 nitrogen and oxygen atoms in total. The summed E-state index contributed by atoms with van der Waals surface area (Å²) in [6, 6.07) is 19.0. The second-order valence-electron chi connectivity index (χ2n) is 11.6. The van der Waals surface area contributed by atoms with E-state index in [9.17, 15) is 8.42 Å². The highest BCUT2D eigenvalue weighted by Gasteiger charge is 2.23. The molecule has 6 rings (SSSR count). The van der Waals surface area contributed by atoms with Gasteiger partial charge in [-0.25, -0.2) is 13.4 Å². The SMILES string of the molecule is Cc1cc(/C=C/C#N)cc(C)c1Oc1nc(NC2CCN(Cc3ccc(S(C)(=O)=O)cc3)CC2)ncc1-c1ccc2c(c1)OCO2. The van der Waals surface area contributed by atoms with E-state index >= 15 is 0 Å². The van der Waals surface area contributed by atoms with E-state index in [0.717, 1.165) is 60.3 Å². The Balaban J connectivity index is 1.20. The highest BCUT2D eigenvalue weighted by molar-refractivity contribution is 7.90. The van der Waals surface area contributed by atoms with Crippen molar-refractivity contribution in [3.63, 3.8) is 0 Å². The average molecular weight is 638 g/mol. The van der Waals surface area contributed by atoms with Crippen LogP contribution in [-0.2, 0) is 16.4 Å². The van der Waals surface area contributed by atoms with Gasteiger partial charge in [0, 0.05) is 44.2 Å². The summed E-state index contributed by atoms with van der Waals surface area (Å²) in [6.45, 7) is 6.66. The van der Waals surface area contributed by atoms with Crippen molar-refractivity contribution >= 4 is 21.9 Å². The zero-order valence-corrected chi connectivity index (χ0v) is 26.8. The summed E-state index contributed by atoms with van der Waals surface area (Å²) in [5.74, 6) is 2.94. The summed E-state index contributed by atoms with van der Waals surface area (Å²) < 4.78 is 41.2. The molecular formula is C35H35N5O5S. The molecule has 0 saturated carbocycles. The van der Waals surface area contributed by atoms with Gasteiger partial charge in [-0.15, -0.1) is 0 Å². The molecule has 0 unspecified atom stereocenters. The van der Waals surface area contributed by atoms with E-state index in [0.29, 0.717) is 39.5 Å². The van der Waals surface area contributed by atoms with Crippen LogP contribution in [0.1, 0.15) is 35.1 Å². The fourth-order valence-electron chi connectivity index (χ4n) is 5.77. The number of nitrogens with zero attached hydrogens (tertiary/aromatic N) is 4. The molecule has 4 aromatic rings. The van der Waals surface area contributed by atoms with Gasteiger partial charge in [0.1, 0.15) is 5.75 Å². The Kier molecular flexibility index (Phi) is 8.92. The minimum absolute atomic E-state index is 0.181. The number of aryl methyl sites for hydroxylation is 2. The number of rotatable bonds is 9. The number of benzene rings is 3. The van der Waals surface area contributed by atoms with E-state index in [2.05, 4.69) is 15.2 Å². The van der Waals surface area contributed by atoms with Crippen LogP contribution in [0.4, 0.5) is 5.95 Å². The molecule has 0 aliphatic carbocycles. The molecule has 0 bridgehead atoms. The first-order chi connectivity index (χ1) is 22.2. The van der Waals surface area contributed by atoms with E-state index in [1.807, 2.05) is 62.4 Å². The molecule has 1 saturated heterocycles. The van der Waals surface area contributed by atoms with Gasteiger partial charge >= 0.3 is 0 Å². The van der Waals surface area contributed by atoms with E-state index in [-0.39, 0.29) is 12.8 Å². The fraction of sp³-hybridized carbons (Fsp3) is 0.286. The lowest BCUT2D eigenvalue weighted by Crippen LogP contribution is -2.39. The molecule has 0 spiro atoms. The van der Waals surface area contributed by atoms with Crippen LogP contribution in [0.2, 0.25) is 0 Å². The molecule has 46 heavy (non-hydrogen) atoms. The van der Waals surface area contributed by atoms with Crippen molar-refractivity contribution in [3.8, 4) is 40.3 Å². The summed E-state index contributed by atoms with van der Waals surface area (Å²) >= 11 is 0. The molecule has 11 heteroatoms. The Morgan fingerprint density at radius 3 is 2.46 bits per heavy atom. The van der Waals surface area contributed by atoms with Crippen molar-refractivity contribution in [3.05, 3.63) is 89.1 Å². The second-order valence-corrected chi connectivity index (χ2v) is 13.7. The van der Waals surface area contributed by atoms with Gasteiger partial charge in [-0.3, -0.25) is 4.90 Å². The van der Waals surface area contributed by atoms with Crippen LogP contribution in [0.5, 0.6) is 23.1 Å². The molecule has 0 amide bonds. The van der Waals surface area contributed by atoms with Gasteiger partial charge in [-0.1, -0.05) is 18.2 Å². The number of likely N-dealkylation sites (tertiary alicyclic amines) is 1. The Labute approximate surface area is 269 Å². The standard InChI is InChI=1S/C35H35N5O5S/c1-23-17-26(5-4-14-36)18-24(2)33(23)45-34-30(27-8-11-31-32(19-27)44-22-43-31)20-37-35(39-34)38-28-12-15-40(16-13-28)21-25-6-9-29(10-7-25)46(3,41)42/h4-11,17-20,28H,12-13,15-16,21-22H2,1-3H3,(H,37,38,39)/b5-4+. The predicted octanol–water partition coefficient (Wildman–Crippen LogP) is 6.30. The summed E-state index contributed by atoms with van der Waals surface area (Å²) in [6.07, 6.45) is 8.03. The van der Waals surface area contributed by atoms with Crippen molar-refractivity contribution < 1.29 is 22.6 Å². The van der Waals surface area contributed by atoms with Crippen LogP contribution in [0.3, 0.4) is 0 Å². The Bertz CT molecular complexity index is 1910. The quantitative estimate of drug-likeness (QED) is 0.209. The average Bonchev–Trinajstić information content (AvgIpc) is 3.51. The lowest BCUT2D eigenvalue weighted by Gasteiger charge is -2.32. The number of hydrogen-bond acceptors (Lipinski definition) is 10. The van der Waals surface area contributed by atoms with Gasteiger partial charge < -0.3 is 19.5 Å². The number of fused-ring (bicyclic) bond motifs is 1. The van der Waals surface area contributed by atoms with Crippen LogP contribution in [0, 0.1) is 25.2 Å². The fourth-order valence-corrected chi connectivity index (χ4v) is 6.40. The van der Waals surface area contributed by atoms with Gasteiger partial charge in [-0.05, 0) is 97.0 Å². The number of hydrogen-bond donors (Lipinski definition) is 1. The molecule has 3 aromatic carbocycles. The zero-order chi connectivity index (χ0) is 32.3. The highest BCUT2D eigenvalue weighted by Crippen LogP contribution is 2.40. The number of aromatic nitrogens is 2. The maximum Gasteiger partial charge on any atom is 0.231 e. The monoisotopic (exact) mass is 637 g/mol. The molecular weight excluding hydrogens is 602 g/mol. The number of piperidine rings is 1. The lowest BCUT2D eigenvalue weighted by molar-refractivity contribution is 0.174. The number of anilines is 1. The molecule has 0 atom stereocenters. The van der Waals surface area contributed by atoms with Crippen LogP contribution in [-0.4, -0.2) is 55.5 Å². The van der Waals surface area contributed by atoms with Gasteiger partial charge in [-0.2, -0.15) is 10.2 Å². The molecule has 1 fully saturated rings. The van der Waals surface area contributed by atoms with Crippen LogP contribution < -0.4 is 19.5 Å². The molecule has 1 aromatic heterocycles. The summed E-state index contributed by atoms with van der Waals surface area (Å²) in [4.78, 5) is 12.2. The minimum atomic E-state index is -3.21. The van der Waals surface area contributed by atoms with Gasteiger partial charge in [0.25, 0.3) is 0 Å². The topological polar surface area (TPSA) is 127 Å². The number of nitriles is 1. The number of sulfone groups is 1. The summed E-state index contributed by atoms with van der Waals surface area (Å²) in [5, 5.41) is 12.5. The first-order valence-electron chi connectivity index (χ1n) is 15.1. The van der Waals surface area contributed by atoms with Crippen molar-refractivity contribution in [2.24, 2.45) is 0 Å². The maximum absolute atomic E-state index is 11.8. The van der Waals surface area contributed by atoms with Crippen molar-refractivity contribution in [1.29, 1.82) is 5.26 Å². The Morgan fingerprint density at radius 1 is 1.04 bits per heavy atom. The lowest BCUT2D eigenvalue weighted by atomic mass is 10.0. The number of nitrogens with one attached hydrogen (secondary N) is 1. The van der Waals surface area contributed by atoms with Gasteiger partial charge in [0.15, 0.2) is 21.3 Å². The second kappa shape index (κ2) is 13.2. The largest absolute Gasteiger partial charge is 0.454 e. The molecule has 1 N–H and O–H groups in total. The summed E-state index contributed by atoms with van der Waals surface area (Å²) in [7, 11) is -3.21. The van der Waals surface area contributed by atoms with Gasteiger partial charge in [0.2, 0.25) is 18.6 Å². The summed E-state index contributed by atoms with van der Waals surface area (Å²) in [5.41, 5.74) is 5.40. The first kappa shape index (κ1) is 31.1.